The molecule has 0 aliphatic heterocycles. The van der Waals surface area contributed by atoms with Gasteiger partial charge in [0, 0.05) is 17.2 Å². The van der Waals surface area contributed by atoms with Gasteiger partial charge in [0.05, 0.1) is 11.8 Å². The molecule has 27 heavy (non-hydrogen) atoms. The van der Waals surface area contributed by atoms with Crippen molar-refractivity contribution < 1.29 is 20.9 Å². The van der Waals surface area contributed by atoms with E-state index >= 15 is 0 Å². The third-order valence-electron chi connectivity index (χ3n) is 3.88. The molecular formula is C19H18N4O4. The highest BCUT2D eigenvalue weighted by Crippen LogP contribution is 2.21. The first kappa shape index (κ1) is 18.7. The zero-order chi connectivity index (χ0) is 19.2. The van der Waals surface area contributed by atoms with Crippen molar-refractivity contribution in [3.05, 3.63) is 100 Å². The lowest BCUT2D eigenvalue weighted by Crippen LogP contribution is -3.00. The molecule has 0 saturated carbocycles. The van der Waals surface area contributed by atoms with Crippen LogP contribution in [0.15, 0.2) is 84.0 Å². The Kier molecular flexibility index (Phi) is 5.89. The molecule has 2 atom stereocenters. The quantitative estimate of drug-likeness (QED) is 0.333. The molecule has 0 heterocycles. The summed E-state index contributed by atoms with van der Waals surface area (Å²) in [7, 11) is 0. The van der Waals surface area contributed by atoms with Gasteiger partial charge in [-0.25, -0.2) is 10.4 Å². The van der Waals surface area contributed by atoms with Gasteiger partial charge in [0.15, 0.2) is 11.4 Å². The van der Waals surface area contributed by atoms with E-state index in [0.717, 1.165) is 17.2 Å². The second-order valence-corrected chi connectivity index (χ2v) is 5.67. The number of nitrogens with one attached hydrogen (secondary N) is 3. The van der Waals surface area contributed by atoms with Crippen LogP contribution in [0.3, 0.4) is 0 Å². The smallest absolute Gasteiger partial charge is 0.195 e. The van der Waals surface area contributed by atoms with Crippen LogP contribution in [-0.2, 0) is 0 Å². The van der Waals surface area contributed by atoms with E-state index in [0.29, 0.717) is 5.71 Å². The van der Waals surface area contributed by atoms with Gasteiger partial charge in [0.1, 0.15) is 5.69 Å². The van der Waals surface area contributed by atoms with Crippen molar-refractivity contribution in [3.8, 4) is 0 Å². The molecule has 3 rings (SSSR count). The highest BCUT2D eigenvalue weighted by atomic mass is 16.8. The molecule has 2 unspecified atom stereocenters. The van der Waals surface area contributed by atoms with Gasteiger partial charge in [0.2, 0.25) is 0 Å². The molecule has 0 radical (unpaired) electrons. The molecule has 0 saturated heterocycles. The molecule has 3 aromatic rings. The summed E-state index contributed by atoms with van der Waals surface area (Å²) in [5, 5.41) is 43.0. The highest BCUT2D eigenvalue weighted by molar-refractivity contribution is 6.13. The van der Waals surface area contributed by atoms with E-state index in [-0.39, 0.29) is 17.1 Å². The van der Waals surface area contributed by atoms with Gasteiger partial charge in [-0.3, -0.25) is 5.43 Å². The molecule has 0 fully saturated rings. The van der Waals surface area contributed by atoms with Crippen LogP contribution >= 0.6 is 0 Å². The fraction of sp³-hybridized carbons (Fsp3) is 0. The number of hydrogen-bond acceptors (Lipinski definition) is 6. The van der Waals surface area contributed by atoms with Crippen LogP contribution in [0.25, 0.3) is 0 Å². The van der Waals surface area contributed by atoms with E-state index in [1.54, 1.807) is 0 Å². The van der Waals surface area contributed by atoms with Crippen molar-refractivity contribution in [2.24, 2.45) is 5.10 Å². The summed E-state index contributed by atoms with van der Waals surface area (Å²) in [6, 6.07) is 22.8. The third kappa shape index (κ3) is 4.54. The van der Waals surface area contributed by atoms with Crippen LogP contribution in [-0.4, -0.2) is 16.1 Å². The Morgan fingerprint density at radius 2 is 1.33 bits per heavy atom. The number of hydrazone groups is 1. The Labute approximate surface area is 155 Å². The van der Waals surface area contributed by atoms with Gasteiger partial charge < -0.3 is 10.4 Å². The highest BCUT2D eigenvalue weighted by Gasteiger charge is 2.14. The number of benzene rings is 3. The first-order valence-electron chi connectivity index (χ1n) is 8.11. The maximum absolute atomic E-state index is 11.5. The minimum absolute atomic E-state index is 0.103. The summed E-state index contributed by atoms with van der Waals surface area (Å²) in [4.78, 5) is 0. The second kappa shape index (κ2) is 8.52. The lowest BCUT2D eigenvalue weighted by Gasteiger charge is -2.18. The van der Waals surface area contributed by atoms with Crippen molar-refractivity contribution in [2.75, 3.05) is 5.43 Å². The summed E-state index contributed by atoms with van der Waals surface area (Å²) in [6.45, 7) is 0. The Balaban J connectivity index is 2.00. The van der Waals surface area contributed by atoms with E-state index in [1.165, 1.54) is 12.1 Å². The molecule has 5 N–H and O–H groups in total. The van der Waals surface area contributed by atoms with Crippen LogP contribution in [0.2, 0.25) is 0 Å². The molecule has 0 bridgehead atoms. The lowest BCUT2D eigenvalue weighted by molar-refractivity contribution is -0.996. The summed E-state index contributed by atoms with van der Waals surface area (Å²) in [5.74, 6) is 0. The Morgan fingerprint density at radius 3 is 1.81 bits per heavy atom. The van der Waals surface area contributed by atoms with Gasteiger partial charge in [0.25, 0.3) is 0 Å². The van der Waals surface area contributed by atoms with Crippen LogP contribution in [0, 0.1) is 10.4 Å². The Bertz CT molecular complexity index is 874. The van der Waals surface area contributed by atoms with Gasteiger partial charge in [-0.05, 0) is 6.07 Å². The van der Waals surface area contributed by atoms with E-state index < -0.39 is 10.5 Å². The summed E-state index contributed by atoms with van der Waals surface area (Å²) >= 11 is 0. The number of hydrogen-bond donors (Lipinski definition) is 5. The van der Waals surface area contributed by atoms with Crippen LogP contribution in [0.1, 0.15) is 11.1 Å². The Morgan fingerprint density at radius 1 is 0.778 bits per heavy atom. The maximum atomic E-state index is 11.5. The van der Waals surface area contributed by atoms with Crippen molar-refractivity contribution in [3.63, 3.8) is 0 Å². The molecule has 8 nitrogen and oxygen atoms in total. The largest absolute Gasteiger partial charge is 0.595 e. The van der Waals surface area contributed by atoms with Gasteiger partial charge in [-0.2, -0.15) is 15.6 Å². The minimum atomic E-state index is -1.24. The topological polar surface area (TPSA) is 120 Å². The summed E-state index contributed by atoms with van der Waals surface area (Å²) < 4.78 is 0. The molecule has 8 heteroatoms. The number of nitrogens with zero attached hydrogens (tertiary/aromatic N) is 1. The van der Waals surface area contributed by atoms with Crippen LogP contribution in [0.4, 0.5) is 17.1 Å². The number of quaternary nitrogens is 2. The predicted molar refractivity (Wildman–Crippen MR) is 100 cm³/mol. The second-order valence-electron chi connectivity index (χ2n) is 5.67. The van der Waals surface area contributed by atoms with Crippen molar-refractivity contribution >= 4 is 22.8 Å². The molecule has 0 aliphatic carbocycles. The fourth-order valence-corrected chi connectivity index (χ4v) is 2.56. The SMILES string of the molecule is [O-][NH+](O)c1ccc(NN=C(c2ccccc2)c2ccccc2)c([NH+]([O-])O)c1. The van der Waals surface area contributed by atoms with Crippen LogP contribution < -0.4 is 15.9 Å². The van der Waals surface area contributed by atoms with Crippen molar-refractivity contribution in [2.45, 2.75) is 0 Å². The molecule has 0 aliphatic rings. The third-order valence-corrected chi connectivity index (χ3v) is 3.88. The maximum Gasteiger partial charge on any atom is 0.195 e. The van der Waals surface area contributed by atoms with E-state index in [2.05, 4.69) is 10.5 Å². The molecule has 0 amide bonds. The first-order chi connectivity index (χ1) is 13.1. The van der Waals surface area contributed by atoms with Gasteiger partial charge >= 0.3 is 0 Å². The van der Waals surface area contributed by atoms with Crippen molar-refractivity contribution in [1.29, 1.82) is 0 Å². The molecule has 0 spiro atoms. The fourth-order valence-electron chi connectivity index (χ4n) is 2.56. The monoisotopic (exact) mass is 366 g/mol. The summed E-state index contributed by atoms with van der Waals surface area (Å²) in [6.07, 6.45) is 0. The lowest BCUT2D eigenvalue weighted by atomic mass is 10.0. The average molecular weight is 366 g/mol. The van der Waals surface area contributed by atoms with Crippen molar-refractivity contribution in [1.82, 2.24) is 0 Å². The molecular weight excluding hydrogens is 348 g/mol. The van der Waals surface area contributed by atoms with Gasteiger partial charge in [-0.1, -0.05) is 60.7 Å². The number of rotatable bonds is 6. The van der Waals surface area contributed by atoms with Gasteiger partial charge in [-0.15, -0.1) is 0 Å². The zero-order valence-electron chi connectivity index (χ0n) is 14.2. The van der Waals surface area contributed by atoms with E-state index in [1.807, 2.05) is 60.7 Å². The Hall–Kier alpha value is -3.11. The molecule has 3 aromatic carbocycles. The summed E-state index contributed by atoms with van der Waals surface area (Å²) in [5.41, 5.74) is 5.05. The normalized spacial score (nSPS) is 12.9. The molecule has 0 aromatic heterocycles. The standard InChI is InChI=1S/C19H18N4O4/c24-22(25)16-11-12-17(18(13-16)23(26)27)20-21-19(14-7-3-1-4-8-14)15-9-5-2-6-10-15/h1-13,20,22-24,26H. The first-order valence-corrected chi connectivity index (χ1v) is 8.11. The van der Waals surface area contributed by atoms with Crippen LogP contribution in [0.5, 0.6) is 0 Å². The zero-order valence-corrected chi connectivity index (χ0v) is 14.2. The minimum Gasteiger partial charge on any atom is -0.595 e. The van der Waals surface area contributed by atoms with E-state index in [9.17, 15) is 15.6 Å². The number of anilines is 1. The van der Waals surface area contributed by atoms with E-state index in [4.69, 9.17) is 5.21 Å². The molecule has 138 valence electrons. The predicted octanol–water partition coefficient (Wildman–Crippen LogP) is 1.36. The average Bonchev–Trinajstić information content (AvgIpc) is 2.69.